The van der Waals surface area contributed by atoms with Gasteiger partial charge < -0.3 is 19.6 Å². The van der Waals surface area contributed by atoms with E-state index in [1.165, 1.54) is 12.1 Å². The van der Waals surface area contributed by atoms with Gasteiger partial charge in [0.25, 0.3) is 0 Å². The fraction of sp³-hybridized carbons (Fsp3) is 0.192. The van der Waals surface area contributed by atoms with E-state index < -0.39 is 41.8 Å². The van der Waals surface area contributed by atoms with Gasteiger partial charge in [-0.25, -0.2) is 0 Å². The van der Waals surface area contributed by atoms with Crippen molar-refractivity contribution in [2.24, 2.45) is 5.73 Å². The first-order valence-electron chi connectivity index (χ1n) is 10.8. The molecule has 3 aromatic rings. The molecule has 0 unspecified atom stereocenters. The molecule has 1 aromatic heterocycles. The molecule has 9 heteroatoms. The van der Waals surface area contributed by atoms with Crippen LogP contribution in [0.1, 0.15) is 54.6 Å². The molecular weight excluding hydrogens is 454 g/mol. The molecule has 0 saturated heterocycles. The summed E-state index contributed by atoms with van der Waals surface area (Å²) in [5.74, 6) is -3.75. The molecule has 178 valence electrons. The highest BCUT2D eigenvalue weighted by Gasteiger charge is 2.34. The van der Waals surface area contributed by atoms with E-state index in [9.17, 15) is 24.0 Å². The summed E-state index contributed by atoms with van der Waals surface area (Å²) in [6.45, 7) is -0.492. The number of carbonyl (C=O) groups excluding carboxylic acids is 5. The lowest BCUT2D eigenvalue weighted by molar-refractivity contribution is -0.152. The summed E-state index contributed by atoms with van der Waals surface area (Å²) >= 11 is 0. The number of nitrogens with two attached hydrogens (primary N) is 1. The lowest BCUT2D eigenvalue weighted by atomic mass is 9.88. The van der Waals surface area contributed by atoms with E-state index in [1.807, 2.05) is 30.3 Å². The molecule has 1 heterocycles. The van der Waals surface area contributed by atoms with E-state index in [1.54, 1.807) is 12.1 Å². The number of hydrogen-bond acceptors (Lipinski definition) is 9. The van der Waals surface area contributed by atoms with Crippen LogP contribution in [0, 0.1) is 0 Å². The Morgan fingerprint density at radius 2 is 1.46 bits per heavy atom. The molecule has 2 aromatic carbocycles. The molecule has 35 heavy (non-hydrogen) atoms. The fourth-order valence-corrected chi connectivity index (χ4v) is 3.64. The number of esters is 2. The van der Waals surface area contributed by atoms with Crippen LogP contribution in [-0.2, 0) is 25.5 Å². The third-order valence-electron chi connectivity index (χ3n) is 5.37. The lowest BCUT2D eigenvalue weighted by Gasteiger charge is -2.11. The predicted octanol–water partition coefficient (Wildman–Crippen LogP) is 2.28. The number of ketones is 3. The van der Waals surface area contributed by atoms with Gasteiger partial charge in [0.2, 0.25) is 11.6 Å². The van der Waals surface area contributed by atoms with Crippen molar-refractivity contribution in [3.05, 3.63) is 94.4 Å². The highest BCUT2D eigenvalue weighted by atomic mass is 16.6. The van der Waals surface area contributed by atoms with Crippen LogP contribution < -0.4 is 5.73 Å². The zero-order chi connectivity index (χ0) is 24.9. The molecular formula is C26H21NO8. The van der Waals surface area contributed by atoms with Gasteiger partial charge in [0.1, 0.15) is 25.7 Å². The molecule has 2 N–H and O–H groups in total. The van der Waals surface area contributed by atoms with Crippen molar-refractivity contribution in [3.8, 4) is 0 Å². The SMILES string of the molecule is N[C@@H](Cc1ccccc1)C(=O)OCCOC(=O)CC(=O)c1cc2c(o1)C(=O)c1ccccc1C2=O. The van der Waals surface area contributed by atoms with Crippen molar-refractivity contribution >= 4 is 29.3 Å². The van der Waals surface area contributed by atoms with Gasteiger partial charge in [0, 0.05) is 11.1 Å². The monoisotopic (exact) mass is 475 g/mol. The van der Waals surface area contributed by atoms with Crippen LogP contribution in [0.3, 0.4) is 0 Å². The average Bonchev–Trinajstić information content (AvgIpc) is 3.32. The highest BCUT2D eigenvalue weighted by Crippen LogP contribution is 2.30. The van der Waals surface area contributed by atoms with Crippen LogP contribution in [-0.4, -0.2) is 48.5 Å². The molecule has 0 spiro atoms. The standard InChI is InChI=1S/C26H21NO8/c27-19(12-15-6-2-1-3-7-15)26(32)34-11-10-33-22(29)14-20(28)21-13-18-23(30)16-8-4-5-9-17(16)24(31)25(18)35-21/h1-9,13,19H,10-12,14,27H2/t19-/m0/s1. The Kier molecular flexibility index (Phi) is 6.98. The Morgan fingerprint density at radius 1 is 0.829 bits per heavy atom. The van der Waals surface area contributed by atoms with Crippen LogP contribution in [0.5, 0.6) is 0 Å². The molecule has 1 aliphatic rings. The highest BCUT2D eigenvalue weighted by molar-refractivity contribution is 6.28. The van der Waals surface area contributed by atoms with Crippen LogP contribution >= 0.6 is 0 Å². The van der Waals surface area contributed by atoms with Crippen molar-refractivity contribution < 1.29 is 37.9 Å². The topological polar surface area (TPSA) is 143 Å². The number of Topliss-reactive ketones (excluding diaryl/α,β-unsaturated/α-hetero) is 1. The van der Waals surface area contributed by atoms with Gasteiger partial charge in [0.15, 0.2) is 17.3 Å². The van der Waals surface area contributed by atoms with Crippen LogP contribution in [0.25, 0.3) is 0 Å². The number of benzene rings is 2. The van der Waals surface area contributed by atoms with Gasteiger partial charge in [-0.1, -0.05) is 54.6 Å². The minimum absolute atomic E-state index is 0.0239. The van der Waals surface area contributed by atoms with Crippen molar-refractivity contribution in [2.45, 2.75) is 18.9 Å². The molecule has 4 rings (SSSR count). The number of fused-ring (bicyclic) bond motifs is 2. The molecule has 0 amide bonds. The first kappa shape index (κ1) is 23.8. The minimum Gasteiger partial charge on any atom is -0.462 e. The van der Waals surface area contributed by atoms with Gasteiger partial charge in [-0.05, 0) is 18.1 Å². The van der Waals surface area contributed by atoms with E-state index in [-0.39, 0.29) is 41.4 Å². The summed E-state index contributed by atoms with van der Waals surface area (Å²) < 4.78 is 15.3. The van der Waals surface area contributed by atoms with Crippen LogP contribution in [0.2, 0.25) is 0 Å². The summed E-state index contributed by atoms with van der Waals surface area (Å²) in [5, 5.41) is 0. The molecule has 0 aliphatic heterocycles. The fourth-order valence-electron chi connectivity index (χ4n) is 3.64. The van der Waals surface area contributed by atoms with Gasteiger partial charge >= 0.3 is 11.9 Å². The average molecular weight is 475 g/mol. The molecule has 0 fully saturated rings. The second-order valence-corrected chi connectivity index (χ2v) is 7.84. The summed E-state index contributed by atoms with van der Waals surface area (Å²) in [4.78, 5) is 61.7. The largest absolute Gasteiger partial charge is 0.462 e. The smallest absolute Gasteiger partial charge is 0.323 e. The van der Waals surface area contributed by atoms with E-state index >= 15 is 0 Å². The predicted molar refractivity (Wildman–Crippen MR) is 121 cm³/mol. The van der Waals surface area contributed by atoms with Crippen LogP contribution in [0.15, 0.2) is 65.1 Å². The van der Waals surface area contributed by atoms with Crippen molar-refractivity contribution in [1.29, 1.82) is 0 Å². The Bertz CT molecular complexity index is 1260. The molecule has 0 radical (unpaired) electrons. The maximum Gasteiger partial charge on any atom is 0.323 e. The molecule has 0 bridgehead atoms. The van der Waals surface area contributed by atoms with E-state index in [2.05, 4.69) is 0 Å². The first-order valence-corrected chi connectivity index (χ1v) is 10.8. The van der Waals surface area contributed by atoms with E-state index in [0.717, 1.165) is 11.6 Å². The normalized spacial score (nSPS) is 12.9. The van der Waals surface area contributed by atoms with Gasteiger partial charge in [0.05, 0.1) is 5.56 Å². The van der Waals surface area contributed by atoms with Crippen molar-refractivity contribution in [3.63, 3.8) is 0 Å². The molecule has 1 atom stereocenters. The molecule has 1 aliphatic carbocycles. The van der Waals surface area contributed by atoms with Gasteiger partial charge in [-0.3, -0.25) is 24.0 Å². The third-order valence-corrected chi connectivity index (χ3v) is 5.37. The maximum absolute atomic E-state index is 12.6. The number of hydrogen-bond donors (Lipinski definition) is 1. The van der Waals surface area contributed by atoms with Crippen LogP contribution in [0.4, 0.5) is 0 Å². The summed E-state index contributed by atoms with van der Waals surface area (Å²) in [7, 11) is 0. The zero-order valence-corrected chi connectivity index (χ0v) is 18.5. The van der Waals surface area contributed by atoms with E-state index in [4.69, 9.17) is 19.6 Å². The van der Waals surface area contributed by atoms with Crippen molar-refractivity contribution in [1.82, 2.24) is 0 Å². The second-order valence-electron chi connectivity index (χ2n) is 7.84. The Balaban J connectivity index is 1.25. The molecule has 0 saturated carbocycles. The third kappa shape index (κ3) is 5.25. The summed E-state index contributed by atoms with van der Waals surface area (Å²) in [6.07, 6.45) is -0.375. The lowest BCUT2D eigenvalue weighted by Crippen LogP contribution is -2.35. The Morgan fingerprint density at radius 3 is 2.17 bits per heavy atom. The zero-order valence-electron chi connectivity index (χ0n) is 18.5. The van der Waals surface area contributed by atoms with Gasteiger partial charge in [-0.2, -0.15) is 0 Å². The van der Waals surface area contributed by atoms with Crippen molar-refractivity contribution in [2.75, 3.05) is 13.2 Å². The van der Waals surface area contributed by atoms with Gasteiger partial charge in [-0.15, -0.1) is 0 Å². The van der Waals surface area contributed by atoms with E-state index in [0.29, 0.717) is 6.42 Å². The molecule has 9 nitrogen and oxygen atoms in total. The Hall–Kier alpha value is -4.37. The first-order chi connectivity index (χ1) is 16.8. The number of furan rings is 1. The minimum atomic E-state index is -0.880. The second kappa shape index (κ2) is 10.3. The Labute approximate surface area is 199 Å². The number of rotatable bonds is 9. The summed E-state index contributed by atoms with van der Waals surface area (Å²) in [6, 6.07) is 15.8. The quantitative estimate of drug-likeness (QED) is 0.167. The summed E-state index contributed by atoms with van der Waals surface area (Å²) in [5.41, 5.74) is 7.10. The number of carbonyl (C=O) groups is 5. The maximum atomic E-state index is 12.6. The number of ether oxygens (including phenoxy) is 2.